The Morgan fingerprint density at radius 2 is 1.59 bits per heavy atom. The van der Waals surface area contributed by atoms with Gasteiger partial charge in [0.1, 0.15) is 0 Å². The number of nitrogens with zero attached hydrogens (tertiary/aromatic N) is 1. The number of hydrogen-bond donors (Lipinski definition) is 4. The summed E-state index contributed by atoms with van der Waals surface area (Å²) in [5.41, 5.74) is 3.11. The van der Waals surface area contributed by atoms with Crippen molar-refractivity contribution in [2.24, 2.45) is 5.92 Å². The number of hydrogen-bond acceptors (Lipinski definition) is 5. The zero-order valence-corrected chi connectivity index (χ0v) is 19.8. The number of amides is 2. The van der Waals surface area contributed by atoms with Crippen LogP contribution in [0.25, 0.3) is 0 Å². The first kappa shape index (κ1) is 24.2. The van der Waals surface area contributed by atoms with Crippen LogP contribution in [0.1, 0.15) is 54.4 Å². The Balaban J connectivity index is 1.32. The van der Waals surface area contributed by atoms with Crippen LogP contribution < -0.4 is 16.0 Å². The lowest BCUT2D eigenvalue weighted by Crippen LogP contribution is -2.34. The van der Waals surface area contributed by atoms with Crippen LogP contribution in [-0.4, -0.2) is 54.1 Å². The molecule has 2 fully saturated rings. The minimum atomic E-state index is -0.195. The molecule has 2 aromatic carbocycles. The van der Waals surface area contributed by atoms with Gasteiger partial charge in [-0.3, -0.25) is 14.5 Å². The predicted molar refractivity (Wildman–Crippen MR) is 135 cm³/mol. The number of rotatable bonds is 9. The largest absolute Gasteiger partial charge is 0.396 e. The van der Waals surface area contributed by atoms with Gasteiger partial charge in [-0.25, -0.2) is 0 Å². The summed E-state index contributed by atoms with van der Waals surface area (Å²) < 4.78 is 0. The maximum Gasteiger partial charge on any atom is 0.253 e. The lowest BCUT2D eigenvalue weighted by atomic mass is 9.97. The molecule has 2 amide bonds. The van der Waals surface area contributed by atoms with Gasteiger partial charge < -0.3 is 21.1 Å². The second-order valence-corrected chi connectivity index (χ2v) is 9.46. The molecular weight excluding hydrogens is 428 g/mol. The van der Waals surface area contributed by atoms with Crippen molar-refractivity contribution in [3.05, 3.63) is 59.7 Å². The smallest absolute Gasteiger partial charge is 0.253 e. The predicted octanol–water partition coefficient (Wildman–Crippen LogP) is 3.61. The highest BCUT2D eigenvalue weighted by molar-refractivity contribution is 6.04. The SMILES string of the molecule is O=C(CNc1ccccc1CN1CCC(CO)CC1)Nc1ccccc1C(=O)NC1CCCC1. The van der Waals surface area contributed by atoms with E-state index in [1.54, 1.807) is 12.1 Å². The quantitative estimate of drug-likeness (QED) is 0.455. The molecule has 0 radical (unpaired) electrons. The van der Waals surface area contributed by atoms with E-state index >= 15 is 0 Å². The topological polar surface area (TPSA) is 93.7 Å². The summed E-state index contributed by atoms with van der Waals surface area (Å²) in [4.78, 5) is 27.9. The van der Waals surface area contributed by atoms with Crippen LogP contribution in [0.5, 0.6) is 0 Å². The molecule has 2 aromatic rings. The van der Waals surface area contributed by atoms with Crippen molar-refractivity contribution in [3.63, 3.8) is 0 Å². The van der Waals surface area contributed by atoms with Crippen molar-refractivity contribution in [1.82, 2.24) is 10.2 Å². The third kappa shape index (κ3) is 6.58. The van der Waals surface area contributed by atoms with E-state index in [9.17, 15) is 14.7 Å². The van der Waals surface area contributed by atoms with Crippen LogP contribution in [-0.2, 0) is 11.3 Å². The van der Waals surface area contributed by atoms with Gasteiger partial charge in [0.2, 0.25) is 5.91 Å². The first-order valence-corrected chi connectivity index (χ1v) is 12.5. The number of piperidine rings is 1. The zero-order chi connectivity index (χ0) is 23.8. The standard InChI is InChI=1S/C27H36N4O3/c32-19-20-13-15-31(16-14-20)18-21-7-1-5-11-24(21)28-17-26(33)30-25-12-6-4-10-23(25)27(34)29-22-8-2-3-9-22/h1,4-7,10-12,20,22,28,32H,2-3,8-9,13-19H2,(H,29,34)(H,30,33). The number of para-hydroxylation sites is 2. The fourth-order valence-electron chi connectivity index (χ4n) is 4.89. The number of anilines is 2. The Kier molecular flexibility index (Phi) is 8.55. The number of carbonyl (C=O) groups excluding carboxylic acids is 2. The van der Waals surface area contributed by atoms with E-state index in [-0.39, 0.29) is 31.0 Å². The van der Waals surface area contributed by atoms with E-state index < -0.39 is 0 Å². The van der Waals surface area contributed by atoms with Gasteiger partial charge in [0, 0.05) is 24.9 Å². The number of aliphatic hydroxyl groups excluding tert-OH is 1. The number of carbonyl (C=O) groups is 2. The zero-order valence-electron chi connectivity index (χ0n) is 19.8. The van der Waals surface area contributed by atoms with Crippen LogP contribution in [0, 0.1) is 5.92 Å². The molecule has 1 saturated carbocycles. The third-order valence-corrected chi connectivity index (χ3v) is 6.95. The van der Waals surface area contributed by atoms with Gasteiger partial charge in [-0.05, 0) is 68.5 Å². The Bertz CT molecular complexity index is 966. The highest BCUT2D eigenvalue weighted by atomic mass is 16.3. The summed E-state index contributed by atoms with van der Waals surface area (Å²) in [5, 5.41) is 18.6. The van der Waals surface area contributed by atoms with E-state index in [0.29, 0.717) is 17.2 Å². The number of nitrogens with one attached hydrogen (secondary N) is 3. The van der Waals surface area contributed by atoms with E-state index in [1.807, 2.05) is 30.3 Å². The molecule has 7 heteroatoms. The van der Waals surface area contributed by atoms with Crippen molar-refractivity contribution in [1.29, 1.82) is 0 Å². The molecule has 4 rings (SSSR count). The summed E-state index contributed by atoms with van der Waals surface area (Å²) in [6, 6.07) is 15.4. The average molecular weight is 465 g/mol. The minimum Gasteiger partial charge on any atom is -0.396 e. The molecule has 0 aromatic heterocycles. The van der Waals surface area contributed by atoms with Crippen molar-refractivity contribution < 1.29 is 14.7 Å². The molecule has 0 spiro atoms. The fraction of sp³-hybridized carbons (Fsp3) is 0.481. The molecule has 0 bridgehead atoms. The second-order valence-electron chi connectivity index (χ2n) is 9.46. The average Bonchev–Trinajstić information content (AvgIpc) is 3.37. The fourth-order valence-corrected chi connectivity index (χ4v) is 4.89. The van der Waals surface area contributed by atoms with E-state index in [0.717, 1.165) is 69.4 Å². The summed E-state index contributed by atoms with van der Waals surface area (Å²) >= 11 is 0. The second kappa shape index (κ2) is 12.0. The molecule has 7 nitrogen and oxygen atoms in total. The molecule has 0 unspecified atom stereocenters. The molecule has 2 aliphatic rings. The molecule has 1 aliphatic carbocycles. The Morgan fingerprint density at radius 3 is 2.32 bits per heavy atom. The van der Waals surface area contributed by atoms with Crippen molar-refractivity contribution in [2.75, 3.05) is 36.9 Å². The van der Waals surface area contributed by atoms with Crippen LogP contribution in [0.15, 0.2) is 48.5 Å². The molecule has 34 heavy (non-hydrogen) atoms. The van der Waals surface area contributed by atoms with Gasteiger partial charge in [-0.15, -0.1) is 0 Å². The highest BCUT2D eigenvalue weighted by Crippen LogP contribution is 2.23. The van der Waals surface area contributed by atoms with Gasteiger partial charge in [-0.2, -0.15) is 0 Å². The third-order valence-electron chi connectivity index (χ3n) is 6.95. The Labute approximate surface area is 201 Å². The van der Waals surface area contributed by atoms with Gasteiger partial charge in [0.15, 0.2) is 0 Å². The van der Waals surface area contributed by atoms with Crippen LogP contribution in [0.3, 0.4) is 0 Å². The molecule has 182 valence electrons. The van der Waals surface area contributed by atoms with Crippen molar-refractivity contribution in [3.8, 4) is 0 Å². The normalized spacial score (nSPS) is 17.4. The first-order valence-electron chi connectivity index (χ1n) is 12.5. The summed E-state index contributed by atoms with van der Waals surface area (Å²) in [5.74, 6) is 0.0854. The lowest BCUT2D eigenvalue weighted by molar-refractivity contribution is -0.114. The van der Waals surface area contributed by atoms with Crippen molar-refractivity contribution in [2.45, 2.75) is 51.1 Å². The van der Waals surface area contributed by atoms with Crippen LogP contribution >= 0.6 is 0 Å². The molecular formula is C27H36N4O3. The summed E-state index contributed by atoms with van der Waals surface area (Å²) in [7, 11) is 0. The van der Waals surface area contributed by atoms with Gasteiger partial charge in [-0.1, -0.05) is 43.2 Å². The monoisotopic (exact) mass is 464 g/mol. The number of aliphatic hydroxyl groups is 1. The first-order chi connectivity index (χ1) is 16.6. The van der Waals surface area contributed by atoms with E-state index in [1.165, 1.54) is 0 Å². The Morgan fingerprint density at radius 1 is 0.912 bits per heavy atom. The number of likely N-dealkylation sites (tertiary alicyclic amines) is 1. The maximum absolute atomic E-state index is 12.8. The minimum absolute atomic E-state index is 0.113. The van der Waals surface area contributed by atoms with Gasteiger partial charge in [0.25, 0.3) is 5.91 Å². The maximum atomic E-state index is 12.8. The number of benzene rings is 2. The lowest BCUT2D eigenvalue weighted by Gasteiger charge is -2.31. The summed E-state index contributed by atoms with van der Waals surface area (Å²) in [6.07, 6.45) is 6.37. The molecule has 0 atom stereocenters. The van der Waals surface area contributed by atoms with E-state index in [4.69, 9.17) is 0 Å². The van der Waals surface area contributed by atoms with Crippen LogP contribution in [0.4, 0.5) is 11.4 Å². The molecule has 4 N–H and O–H groups in total. The van der Waals surface area contributed by atoms with Gasteiger partial charge >= 0.3 is 0 Å². The van der Waals surface area contributed by atoms with E-state index in [2.05, 4.69) is 26.9 Å². The van der Waals surface area contributed by atoms with Crippen molar-refractivity contribution >= 4 is 23.2 Å². The van der Waals surface area contributed by atoms with Crippen LogP contribution in [0.2, 0.25) is 0 Å². The Hall–Kier alpha value is -2.90. The molecule has 1 saturated heterocycles. The molecule has 1 heterocycles. The van der Waals surface area contributed by atoms with Gasteiger partial charge in [0.05, 0.1) is 17.8 Å². The highest BCUT2D eigenvalue weighted by Gasteiger charge is 2.21. The molecule has 1 aliphatic heterocycles. The summed E-state index contributed by atoms with van der Waals surface area (Å²) in [6.45, 7) is 3.14.